The Labute approximate surface area is 87.0 Å². The molecule has 1 rings (SSSR count). The van der Waals surface area contributed by atoms with Crippen molar-refractivity contribution in [3.8, 4) is 0 Å². The summed E-state index contributed by atoms with van der Waals surface area (Å²) in [7, 11) is 0. The van der Waals surface area contributed by atoms with Crippen molar-refractivity contribution in [3.63, 3.8) is 0 Å². The number of nitrogens with two attached hydrogens (primary N) is 1. The highest BCUT2D eigenvalue weighted by molar-refractivity contribution is 6.29. The van der Waals surface area contributed by atoms with E-state index in [1.807, 2.05) is 35.8 Å². The smallest absolute Gasteiger partial charge is 0.332 e. The lowest BCUT2D eigenvalue weighted by Gasteiger charge is -1.99. The number of urea groups is 1. The van der Waals surface area contributed by atoms with Gasteiger partial charge in [-0.05, 0) is 5.56 Å². The minimum Gasteiger partial charge on any atom is -0.350 e. The van der Waals surface area contributed by atoms with Crippen molar-refractivity contribution >= 4 is 18.0 Å². The fourth-order valence-electron chi connectivity index (χ4n) is 1.01. The molecule has 0 saturated carbocycles. The van der Waals surface area contributed by atoms with Gasteiger partial charge in [-0.1, -0.05) is 30.3 Å². The van der Waals surface area contributed by atoms with Crippen LogP contribution in [0.25, 0.3) is 0 Å². The maximum absolute atomic E-state index is 10.5. The first-order chi connectivity index (χ1) is 7.22. The van der Waals surface area contributed by atoms with Crippen LogP contribution >= 0.6 is 0 Å². The number of nitrogens with zero attached hydrogens (tertiary/aromatic N) is 1. The number of hydrazone groups is 1. The Morgan fingerprint density at radius 1 is 1.40 bits per heavy atom. The van der Waals surface area contributed by atoms with Crippen LogP contribution in [0.5, 0.6) is 0 Å². The molecule has 0 aliphatic rings. The monoisotopic (exact) mass is 204 g/mol. The van der Waals surface area contributed by atoms with Crippen LogP contribution in [0.1, 0.15) is 5.56 Å². The van der Waals surface area contributed by atoms with E-state index in [4.69, 9.17) is 5.73 Å². The van der Waals surface area contributed by atoms with Gasteiger partial charge in [-0.25, -0.2) is 10.2 Å². The molecule has 0 unspecified atom stereocenters. The van der Waals surface area contributed by atoms with Crippen molar-refractivity contribution in [3.05, 3.63) is 35.9 Å². The SMILES string of the molecule is NC(=O)NN=C([C]=O)Cc1ccccc1. The molecule has 0 aliphatic heterocycles. The topological polar surface area (TPSA) is 84.6 Å². The average Bonchev–Trinajstić information content (AvgIpc) is 2.25. The van der Waals surface area contributed by atoms with Crippen molar-refractivity contribution in [1.82, 2.24) is 5.43 Å². The fourth-order valence-corrected chi connectivity index (χ4v) is 1.01. The molecule has 3 N–H and O–H groups in total. The molecule has 0 saturated heterocycles. The van der Waals surface area contributed by atoms with Crippen molar-refractivity contribution in [2.24, 2.45) is 10.8 Å². The predicted octanol–water partition coefficient (Wildman–Crippen LogP) is 0.363. The number of carbonyl (C=O) groups is 1. The highest BCUT2D eigenvalue weighted by Crippen LogP contribution is 1.99. The van der Waals surface area contributed by atoms with E-state index in [0.29, 0.717) is 6.42 Å². The second-order valence-corrected chi connectivity index (χ2v) is 2.80. The van der Waals surface area contributed by atoms with Gasteiger partial charge in [0.25, 0.3) is 6.29 Å². The van der Waals surface area contributed by atoms with Crippen molar-refractivity contribution in [2.75, 3.05) is 0 Å². The Morgan fingerprint density at radius 3 is 2.60 bits per heavy atom. The first-order valence-electron chi connectivity index (χ1n) is 4.26. The van der Waals surface area contributed by atoms with Crippen LogP contribution in [0, 0.1) is 0 Å². The summed E-state index contributed by atoms with van der Waals surface area (Å²) in [5.74, 6) is 0. The first-order valence-corrected chi connectivity index (χ1v) is 4.26. The van der Waals surface area contributed by atoms with Crippen molar-refractivity contribution in [1.29, 1.82) is 0 Å². The molecule has 2 amide bonds. The van der Waals surface area contributed by atoms with Gasteiger partial charge < -0.3 is 5.73 Å². The minimum atomic E-state index is -0.809. The van der Waals surface area contributed by atoms with Gasteiger partial charge in [-0.15, -0.1) is 0 Å². The normalized spacial score (nSPS) is 10.8. The fraction of sp³-hybridized carbons (Fsp3) is 0.100. The van der Waals surface area contributed by atoms with Gasteiger partial charge in [-0.2, -0.15) is 5.10 Å². The van der Waals surface area contributed by atoms with E-state index in [0.717, 1.165) is 5.56 Å². The van der Waals surface area contributed by atoms with Crippen LogP contribution in [-0.4, -0.2) is 18.0 Å². The van der Waals surface area contributed by atoms with Crippen LogP contribution in [0.2, 0.25) is 0 Å². The first kappa shape index (κ1) is 10.9. The molecule has 77 valence electrons. The van der Waals surface area contributed by atoms with Crippen molar-refractivity contribution < 1.29 is 9.59 Å². The lowest BCUT2D eigenvalue weighted by molar-refractivity contribution is 0.249. The number of primary amides is 1. The van der Waals surface area contributed by atoms with Crippen molar-refractivity contribution in [2.45, 2.75) is 6.42 Å². The van der Waals surface area contributed by atoms with E-state index in [2.05, 4.69) is 5.10 Å². The zero-order valence-electron chi connectivity index (χ0n) is 7.93. The summed E-state index contributed by atoms with van der Waals surface area (Å²) in [4.78, 5) is 20.8. The number of rotatable bonds is 4. The van der Waals surface area contributed by atoms with Crippen LogP contribution < -0.4 is 11.2 Å². The largest absolute Gasteiger partial charge is 0.350 e. The van der Waals surface area contributed by atoms with Crippen LogP contribution in [-0.2, 0) is 11.2 Å². The van der Waals surface area contributed by atoms with E-state index in [1.165, 1.54) is 0 Å². The number of hydrogen-bond donors (Lipinski definition) is 2. The summed E-state index contributed by atoms with van der Waals surface area (Å²) in [6.07, 6.45) is 1.95. The highest BCUT2D eigenvalue weighted by atomic mass is 16.2. The Bertz CT molecular complexity index is 374. The van der Waals surface area contributed by atoms with Gasteiger partial charge >= 0.3 is 6.03 Å². The van der Waals surface area contributed by atoms with Gasteiger partial charge in [0.2, 0.25) is 0 Å². The van der Waals surface area contributed by atoms with E-state index in [1.54, 1.807) is 6.29 Å². The molecule has 1 aromatic carbocycles. The maximum Gasteiger partial charge on any atom is 0.332 e. The summed E-state index contributed by atoms with van der Waals surface area (Å²) in [5.41, 5.74) is 7.79. The summed E-state index contributed by atoms with van der Waals surface area (Å²) in [6, 6.07) is 8.44. The standard InChI is InChI=1S/C10H10N3O2/c11-10(15)13-12-9(7-14)6-8-4-2-1-3-5-8/h1-5H,6H2,(H3,11,13,15). The second-order valence-electron chi connectivity index (χ2n) is 2.80. The molecular formula is C10H10N3O2. The average molecular weight is 204 g/mol. The maximum atomic E-state index is 10.5. The van der Waals surface area contributed by atoms with E-state index in [9.17, 15) is 9.59 Å². The van der Waals surface area contributed by atoms with Gasteiger partial charge in [0.1, 0.15) is 5.71 Å². The highest BCUT2D eigenvalue weighted by Gasteiger charge is 2.01. The molecule has 5 heteroatoms. The number of hydrogen-bond acceptors (Lipinski definition) is 3. The quantitative estimate of drug-likeness (QED) is 0.548. The Kier molecular flexibility index (Phi) is 4.03. The van der Waals surface area contributed by atoms with E-state index in [-0.39, 0.29) is 5.71 Å². The summed E-state index contributed by atoms with van der Waals surface area (Å²) < 4.78 is 0. The number of amides is 2. The molecule has 0 atom stereocenters. The van der Waals surface area contributed by atoms with Gasteiger partial charge in [0, 0.05) is 6.42 Å². The third kappa shape index (κ3) is 4.04. The number of nitrogens with one attached hydrogen (secondary N) is 1. The summed E-state index contributed by atoms with van der Waals surface area (Å²) in [6.45, 7) is 0. The molecule has 0 bridgehead atoms. The Balaban J connectivity index is 2.65. The zero-order valence-corrected chi connectivity index (χ0v) is 7.93. The molecule has 0 heterocycles. The Morgan fingerprint density at radius 2 is 2.07 bits per heavy atom. The van der Waals surface area contributed by atoms with Gasteiger partial charge in [0.05, 0.1) is 0 Å². The molecule has 1 radical (unpaired) electrons. The predicted molar refractivity (Wildman–Crippen MR) is 56.0 cm³/mol. The van der Waals surface area contributed by atoms with Crippen LogP contribution in [0.4, 0.5) is 4.79 Å². The van der Waals surface area contributed by atoms with Gasteiger partial charge in [-0.3, -0.25) is 4.79 Å². The third-order valence-corrected chi connectivity index (χ3v) is 1.63. The minimum absolute atomic E-state index is 0.0972. The molecule has 15 heavy (non-hydrogen) atoms. The molecule has 0 spiro atoms. The molecule has 1 aromatic rings. The number of benzene rings is 1. The van der Waals surface area contributed by atoms with E-state index >= 15 is 0 Å². The lowest BCUT2D eigenvalue weighted by atomic mass is 10.1. The Hall–Kier alpha value is -2.17. The van der Waals surface area contributed by atoms with Crippen LogP contribution in [0.15, 0.2) is 35.4 Å². The molecule has 0 aliphatic carbocycles. The third-order valence-electron chi connectivity index (χ3n) is 1.63. The van der Waals surface area contributed by atoms with Gasteiger partial charge in [0.15, 0.2) is 0 Å². The number of carbonyl (C=O) groups excluding carboxylic acids is 2. The molecule has 5 nitrogen and oxygen atoms in total. The van der Waals surface area contributed by atoms with E-state index < -0.39 is 6.03 Å². The summed E-state index contributed by atoms with van der Waals surface area (Å²) in [5, 5.41) is 3.51. The van der Waals surface area contributed by atoms with Crippen LogP contribution in [0.3, 0.4) is 0 Å². The second kappa shape index (κ2) is 5.54. The molecule has 0 aromatic heterocycles. The zero-order chi connectivity index (χ0) is 11.1. The molecular weight excluding hydrogens is 194 g/mol. The lowest BCUT2D eigenvalue weighted by Crippen LogP contribution is -2.26. The summed E-state index contributed by atoms with van der Waals surface area (Å²) >= 11 is 0. The molecule has 0 fully saturated rings.